The molecule has 1 rings (SSSR count). The molecule has 82 valence electrons. The van der Waals surface area contributed by atoms with Gasteiger partial charge in [0.1, 0.15) is 7.11 Å². The lowest BCUT2D eigenvalue weighted by Crippen LogP contribution is -2.28. The summed E-state index contributed by atoms with van der Waals surface area (Å²) in [6.45, 7) is 5.87. The van der Waals surface area contributed by atoms with Crippen molar-refractivity contribution in [2.75, 3.05) is 7.11 Å². The molecule has 0 aliphatic rings. The van der Waals surface area contributed by atoms with Crippen LogP contribution >= 0.6 is 0 Å². The van der Waals surface area contributed by atoms with Crippen LogP contribution in [0.25, 0.3) is 0 Å². The Balaban J connectivity index is 3.08. The Hall–Kier alpha value is -1.35. The summed E-state index contributed by atoms with van der Waals surface area (Å²) >= 11 is 0. The normalized spacial score (nSPS) is 12.7. The molecule has 0 heterocycles. The van der Waals surface area contributed by atoms with E-state index < -0.39 is 0 Å². The summed E-state index contributed by atoms with van der Waals surface area (Å²) in [6.07, 6.45) is 0. The van der Waals surface area contributed by atoms with Gasteiger partial charge in [-0.2, -0.15) is 0 Å². The Morgan fingerprint density at radius 1 is 1.40 bits per heavy atom. The minimum absolute atomic E-state index is 0.330. The van der Waals surface area contributed by atoms with Crippen molar-refractivity contribution in [3.05, 3.63) is 35.4 Å². The van der Waals surface area contributed by atoms with Crippen LogP contribution in [0.4, 0.5) is 0 Å². The smallest absolute Gasteiger partial charge is 0.106 e. The summed E-state index contributed by atoms with van der Waals surface area (Å²) in [4.78, 5) is 4.74. The molecule has 0 bridgehead atoms. The van der Waals surface area contributed by atoms with Crippen molar-refractivity contribution in [1.82, 2.24) is 0 Å². The van der Waals surface area contributed by atoms with Gasteiger partial charge in [-0.25, -0.2) is 0 Å². The van der Waals surface area contributed by atoms with Crippen LogP contribution < -0.4 is 5.73 Å². The standard InChI is InChI=1S/C12H18N2O/c1-9(14-15-4)10-6-5-7-11(8-10)12(2,3)13/h5-8H,13H2,1-4H3/b14-9+. The molecular formula is C12H18N2O. The van der Waals surface area contributed by atoms with E-state index in [1.54, 1.807) is 7.11 Å². The summed E-state index contributed by atoms with van der Waals surface area (Å²) < 4.78 is 0. The average Bonchev–Trinajstić information content (AvgIpc) is 2.17. The molecular weight excluding hydrogens is 188 g/mol. The molecule has 0 atom stereocenters. The van der Waals surface area contributed by atoms with E-state index >= 15 is 0 Å². The summed E-state index contributed by atoms with van der Waals surface area (Å²) in [6, 6.07) is 8.03. The van der Waals surface area contributed by atoms with Crippen molar-refractivity contribution in [1.29, 1.82) is 0 Å². The monoisotopic (exact) mass is 206 g/mol. The highest BCUT2D eigenvalue weighted by molar-refractivity contribution is 5.98. The third-order valence-corrected chi connectivity index (χ3v) is 2.25. The Morgan fingerprint density at radius 2 is 2.07 bits per heavy atom. The van der Waals surface area contributed by atoms with Crippen LogP contribution in [-0.4, -0.2) is 12.8 Å². The number of nitrogens with two attached hydrogens (primary N) is 1. The highest BCUT2D eigenvalue weighted by Crippen LogP contribution is 2.18. The number of rotatable bonds is 3. The van der Waals surface area contributed by atoms with Crippen LogP contribution in [0.3, 0.4) is 0 Å². The van der Waals surface area contributed by atoms with Crippen LogP contribution in [0.15, 0.2) is 29.4 Å². The van der Waals surface area contributed by atoms with E-state index in [0.29, 0.717) is 0 Å². The van der Waals surface area contributed by atoms with E-state index in [1.165, 1.54) is 0 Å². The molecule has 0 unspecified atom stereocenters. The van der Waals surface area contributed by atoms with E-state index in [2.05, 4.69) is 5.16 Å². The molecule has 1 aromatic rings. The molecule has 2 N–H and O–H groups in total. The number of hydrogen-bond acceptors (Lipinski definition) is 3. The van der Waals surface area contributed by atoms with Crippen LogP contribution in [0.5, 0.6) is 0 Å². The number of oxime groups is 1. The average molecular weight is 206 g/mol. The minimum atomic E-state index is -0.330. The quantitative estimate of drug-likeness (QED) is 0.609. The number of nitrogens with zero attached hydrogens (tertiary/aromatic N) is 1. The van der Waals surface area contributed by atoms with Gasteiger partial charge in [-0.3, -0.25) is 0 Å². The van der Waals surface area contributed by atoms with Gasteiger partial charge in [-0.1, -0.05) is 23.4 Å². The highest BCUT2D eigenvalue weighted by Gasteiger charge is 2.14. The second kappa shape index (κ2) is 4.45. The maximum atomic E-state index is 6.03. The second-order valence-corrected chi connectivity index (χ2v) is 4.16. The molecule has 0 radical (unpaired) electrons. The van der Waals surface area contributed by atoms with Gasteiger partial charge in [0.15, 0.2) is 0 Å². The molecule has 3 heteroatoms. The fourth-order valence-electron chi connectivity index (χ4n) is 1.33. The predicted molar refractivity (Wildman–Crippen MR) is 62.9 cm³/mol. The van der Waals surface area contributed by atoms with E-state index in [9.17, 15) is 0 Å². The molecule has 3 nitrogen and oxygen atoms in total. The predicted octanol–water partition coefficient (Wildman–Crippen LogP) is 2.25. The van der Waals surface area contributed by atoms with Gasteiger partial charge in [0, 0.05) is 5.54 Å². The highest BCUT2D eigenvalue weighted by atomic mass is 16.6. The Kier molecular flexibility index (Phi) is 3.48. The minimum Gasteiger partial charge on any atom is -0.399 e. The molecule has 0 saturated carbocycles. The number of hydrogen-bond donors (Lipinski definition) is 1. The summed E-state index contributed by atoms with van der Waals surface area (Å²) in [7, 11) is 1.54. The molecule has 0 spiro atoms. The van der Waals surface area contributed by atoms with Gasteiger partial charge < -0.3 is 10.6 Å². The summed E-state index contributed by atoms with van der Waals surface area (Å²) in [5, 5.41) is 3.89. The van der Waals surface area contributed by atoms with Crippen LogP contribution in [0, 0.1) is 0 Å². The van der Waals surface area contributed by atoms with Crippen molar-refractivity contribution >= 4 is 5.71 Å². The molecule has 0 aliphatic carbocycles. The van der Waals surface area contributed by atoms with Crippen molar-refractivity contribution in [3.63, 3.8) is 0 Å². The van der Waals surface area contributed by atoms with Crippen molar-refractivity contribution < 1.29 is 4.84 Å². The van der Waals surface area contributed by atoms with Gasteiger partial charge in [-0.15, -0.1) is 0 Å². The maximum absolute atomic E-state index is 6.03. The zero-order valence-corrected chi connectivity index (χ0v) is 9.74. The van der Waals surface area contributed by atoms with E-state index in [0.717, 1.165) is 16.8 Å². The van der Waals surface area contributed by atoms with Crippen LogP contribution in [0.1, 0.15) is 31.9 Å². The van der Waals surface area contributed by atoms with Crippen LogP contribution in [0.2, 0.25) is 0 Å². The second-order valence-electron chi connectivity index (χ2n) is 4.16. The first-order valence-electron chi connectivity index (χ1n) is 4.92. The molecule has 0 aromatic heterocycles. The Labute approximate surface area is 90.9 Å². The fourth-order valence-corrected chi connectivity index (χ4v) is 1.33. The molecule has 1 aromatic carbocycles. The number of benzene rings is 1. The largest absolute Gasteiger partial charge is 0.399 e. The zero-order valence-electron chi connectivity index (χ0n) is 9.74. The molecule has 15 heavy (non-hydrogen) atoms. The van der Waals surface area contributed by atoms with Crippen molar-refractivity contribution in [2.24, 2.45) is 10.9 Å². The van der Waals surface area contributed by atoms with E-state index in [4.69, 9.17) is 10.6 Å². The summed E-state index contributed by atoms with van der Waals surface area (Å²) in [5.41, 5.74) is 8.67. The lowest BCUT2D eigenvalue weighted by Gasteiger charge is -2.19. The molecule has 0 fully saturated rings. The zero-order chi connectivity index (χ0) is 11.5. The van der Waals surface area contributed by atoms with Crippen LogP contribution in [-0.2, 0) is 10.4 Å². The fraction of sp³-hybridized carbons (Fsp3) is 0.417. The van der Waals surface area contributed by atoms with Gasteiger partial charge >= 0.3 is 0 Å². The maximum Gasteiger partial charge on any atom is 0.106 e. The van der Waals surface area contributed by atoms with Crippen molar-refractivity contribution in [2.45, 2.75) is 26.3 Å². The first-order valence-corrected chi connectivity index (χ1v) is 4.92. The molecule has 0 saturated heterocycles. The lowest BCUT2D eigenvalue weighted by molar-refractivity contribution is 0.213. The third kappa shape index (κ3) is 3.06. The van der Waals surface area contributed by atoms with E-state index in [-0.39, 0.29) is 5.54 Å². The van der Waals surface area contributed by atoms with Gasteiger partial charge in [0.05, 0.1) is 5.71 Å². The van der Waals surface area contributed by atoms with Crippen molar-refractivity contribution in [3.8, 4) is 0 Å². The third-order valence-electron chi connectivity index (χ3n) is 2.25. The first kappa shape index (κ1) is 11.7. The topological polar surface area (TPSA) is 47.6 Å². The molecule has 0 amide bonds. The van der Waals surface area contributed by atoms with Gasteiger partial charge in [0.25, 0.3) is 0 Å². The Bertz CT molecular complexity index is 364. The molecule has 0 aliphatic heterocycles. The first-order chi connectivity index (χ1) is 6.95. The SMILES string of the molecule is CO/N=C(\C)c1cccc(C(C)(C)N)c1. The Morgan fingerprint density at radius 3 is 2.60 bits per heavy atom. The summed E-state index contributed by atoms with van der Waals surface area (Å²) in [5.74, 6) is 0. The van der Waals surface area contributed by atoms with Gasteiger partial charge in [0.2, 0.25) is 0 Å². The lowest BCUT2D eigenvalue weighted by atomic mass is 9.93. The van der Waals surface area contributed by atoms with Gasteiger partial charge in [-0.05, 0) is 38.0 Å². The van der Waals surface area contributed by atoms with E-state index in [1.807, 2.05) is 45.0 Å².